The molecule has 1 aliphatic carbocycles. The minimum absolute atomic E-state index is 0.238. The van der Waals surface area contributed by atoms with Crippen molar-refractivity contribution in [3.63, 3.8) is 0 Å². The molecule has 4 aromatic rings. The number of halogens is 1. The average Bonchev–Trinajstić information content (AvgIpc) is 3.41. The molecule has 6 rings (SSSR count). The summed E-state index contributed by atoms with van der Waals surface area (Å²) in [5.74, 6) is 2.07. The summed E-state index contributed by atoms with van der Waals surface area (Å²) in [6, 6.07) is 11.9. The lowest BCUT2D eigenvalue weighted by Gasteiger charge is -2.28. The average molecular weight is 482 g/mol. The number of aromatic amines is 1. The van der Waals surface area contributed by atoms with Crippen LogP contribution in [0.5, 0.6) is 5.75 Å². The van der Waals surface area contributed by atoms with Crippen LogP contribution in [0.1, 0.15) is 23.5 Å². The molecule has 0 radical (unpaired) electrons. The van der Waals surface area contributed by atoms with Crippen LogP contribution in [0, 0.1) is 5.92 Å². The van der Waals surface area contributed by atoms with Crippen molar-refractivity contribution in [2.75, 3.05) is 26.7 Å². The Labute approximate surface area is 199 Å². The third-order valence-electron chi connectivity index (χ3n) is 7.29. The van der Waals surface area contributed by atoms with Gasteiger partial charge in [0.25, 0.3) is 5.56 Å². The summed E-state index contributed by atoms with van der Waals surface area (Å²) < 4.78 is 8.31. The van der Waals surface area contributed by atoms with Crippen molar-refractivity contribution in [3.05, 3.63) is 73.4 Å². The fourth-order valence-electron chi connectivity index (χ4n) is 5.70. The van der Waals surface area contributed by atoms with Crippen molar-refractivity contribution in [3.8, 4) is 5.75 Å². The van der Waals surface area contributed by atoms with Gasteiger partial charge >= 0.3 is 5.69 Å². The van der Waals surface area contributed by atoms with Crippen molar-refractivity contribution in [2.45, 2.75) is 25.3 Å². The second kappa shape index (κ2) is 8.01. The maximum atomic E-state index is 13.2. The van der Waals surface area contributed by atoms with Crippen molar-refractivity contribution in [2.24, 2.45) is 5.92 Å². The first-order valence-corrected chi connectivity index (χ1v) is 12.5. The summed E-state index contributed by atoms with van der Waals surface area (Å²) >= 11 is 7.66. The molecule has 1 aliphatic heterocycles. The van der Waals surface area contributed by atoms with Gasteiger partial charge in [-0.3, -0.25) is 9.36 Å². The highest BCUT2D eigenvalue weighted by Crippen LogP contribution is 2.44. The third-order valence-corrected chi connectivity index (χ3v) is 8.95. The Morgan fingerprint density at radius 1 is 1.12 bits per heavy atom. The lowest BCUT2D eigenvalue weighted by Crippen LogP contribution is -2.38. The highest BCUT2D eigenvalue weighted by Gasteiger charge is 2.38. The normalized spacial score (nSPS) is 20.3. The van der Waals surface area contributed by atoms with Gasteiger partial charge < -0.3 is 14.6 Å². The van der Waals surface area contributed by atoms with Gasteiger partial charge in [-0.1, -0.05) is 35.9 Å². The van der Waals surface area contributed by atoms with E-state index in [4.69, 9.17) is 16.3 Å². The van der Waals surface area contributed by atoms with Crippen molar-refractivity contribution >= 4 is 43.2 Å². The van der Waals surface area contributed by atoms with E-state index in [9.17, 15) is 9.59 Å². The van der Waals surface area contributed by atoms with Crippen LogP contribution < -0.4 is 16.0 Å². The number of rotatable bonds is 4. The Balaban J connectivity index is 1.26. The van der Waals surface area contributed by atoms with Crippen molar-refractivity contribution in [1.82, 2.24) is 14.5 Å². The third kappa shape index (κ3) is 3.33. The Morgan fingerprint density at radius 3 is 2.82 bits per heavy atom. The Kier molecular flexibility index (Phi) is 5.09. The maximum Gasteiger partial charge on any atom is 0.328 e. The number of aromatic nitrogens is 2. The standard InChI is InChI=1S/C25H24ClN3O3S/c1-32-20-7-3-4-15-16(20)9-8-14-12-28(13-18(14)15)10-11-29-24(30)23-21(27-25(29)31)17-5-2-6-19(26)22(17)33-23/h2-7,14,18H,8-13H2,1H3,(H,27,31)/t14-,18+/m0/s1. The molecule has 3 heterocycles. The first kappa shape index (κ1) is 21.0. The van der Waals surface area contributed by atoms with E-state index in [1.54, 1.807) is 13.2 Å². The van der Waals surface area contributed by atoms with E-state index in [1.165, 1.54) is 27.0 Å². The molecule has 0 saturated carbocycles. The zero-order valence-electron chi connectivity index (χ0n) is 18.3. The maximum absolute atomic E-state index is 13.2. The number of ether oxygens (including phenoxy) is 1. The second-order valence-corrected chi connectivity index (χ2v) is 10.4. The zero-order chi connectivity index (χ0) is 22.7. The molecule has 1 N–H and O–H groups in total. The minimum atomic E-state index is -0.362. The predicted molar refractivity (Wildman–Crippen MR) is 133 cm³/mol. The van der Waals surface area contributed by atoms with Gasteiger partial charge in [-0.15, -0.1) is 11.3 Å². The smallest absolute Gasteiger partial charge is 0.328 e. The molecule has 2 aromatic carbocycles. The Hall–Kier alpha value is -2.61. The van der Waals surface area contributed by atoms with Crippen LogP contribution >= 0.6 is 22.9 Å². The molecular formula is C25H24ClN3O3S. The number of nitrogens with one attached hydrogen (secondary N) is 1. The van der Waals surface area contributed by atoms with Gasteiger partial charge in [0.2, 0.25) is 0 Å². The van der Waals surface area contributed by atoms with E-state index < -0.39 is 0 Å². The summed E-state index contributed by atoms with van der Waals surface area (Å²) in [7, 11) is 1.74. The monoisotopic (exact) mass is 481 g/mol. The quantitative estimate of drug-likeness (QED) is 0.473. The molecular weight excluding hydrogens is 458 g/mol. The molecule has 2 atom stereocenters. The van der Waals surface area contributed by atoms with E-state index in [2.05, 4.69) is 22.0 Å². The minimum Gasteiger partial charge on any atom is -0.496 e. The van der Waals surface area contributed by atoms with Gasteiger partial charge in [0.15, 0.2) is 0 Å². The molecule has 0 amide bonds. The molecule has 33 heavy (non-hydrogen) atoms. The molecule has 2 aliphatic rings. The van der Waals surface area contributed by atoms with Crippen LogP contribution in [0.4, 0.5) is 0 Å². The van der Waals surface area contributed by atoms with E-state index in [1.807, 2.05) is 18.2 Å². The number of H-pyrrole nitrogens is 1. The van der Waals surface area contributed by atoms with Crippen molar-refractivity contribution in [1.29, 1.82) is 0 Å². The predicted octanol–water partition coefficient (Wildman–Crippen LogP) is 4.23. The molecule has 8 heteroatoms. The molecule has 6 nitrogen and oxygen atoms in total. The van der Waals surface area contributed by atoms with Gasteiger partial charge in [-0.2, -0.15) is 0 Å². The van der Waals surface area contributed by atoms with E-state index in [0.717, 1.165) is 41.8 Å². The highest BCUT2D eigenvalue weighted by molar-refractivity contribution is 7.26. The van der Waals surface area contributed by atoms with Crippen LogP contribution in [0.2, 0.25) is 5.02 Å². The molecule has 1 saturated heterocycles. The molecule has 1 fully saturated rings. The van der Waals surface area contributed by atoms with E-state index >= 15 is 0 Å². The van der Waals surface area contributed by atoms with Crippen molar-refractivity contribution < 1.29 is 4.74 Å². The van der Waals surface area contributed by atoms with Crippen LogP contribution in [-0.4, -0.2) is 41.2 Å². The summed E-state index contributed by atoms with van der Waals surface area (Å²) in [5, 5.41) is 1.42. The largest absolute Gasteiger partial charge is 0.496 e. The fourth-order valence-corrected chi connectivity index (χ4v) is 7.10. The van der Waals surface area contributed by atoms with Gasteiger partial charge in [0.1, 0.15) is 10.4 Å². The van der Waals surface area contributed by atoms with Gasteiger partial charge in [0, 0.05) is 37.5 Å². The first-order chi connectivity index (χ1) is 16.0. The topological polar surface area (TPSA) is 67.3 Å². The van der Waals surface area contributed by atoms with Gasteiger partial charge in [0.05, 0.1) is 22.3 Å². The van der Waals surface area contributed by atoms with Crippen LogP contribution in [-0.2, 0) is 13.0 Å². The fraction of sp³-hybridized carbons (Fsp3) is 0.360. The number of thiophene rings is 1. The molecule has 0 unspecified atom stereocenters. The van der Waals surface area contributed by atoms with Crippen LogP contribution in [0.25, 0.3) is 20.3 Å². The number of nitrogens with zero attached hydrogens (tertiary/aromatic N) is 2. The van der Waals surface area contributed by atoms with Crippen LogP contribution in [0.3, 0.4) is 0 Å². The van der Waals surface area contributed by atoms with Gasteiger partial charge in [-0.05, 0) is 42.0 Å². The first-order valence-electron chi connectivity index (χ1n) is 11.3. The molecule has 0 bridgehead atoms. The van der Waals surface area contributed by atoms with E-state index in [-0.39, 0.29) is 11.2 Å². The summed E-state index contributed by atoms with van der Waals surface area (Å²) in [5.41, 5.74) is 2.72. The number of hydrogen-bond acceptors (Lipinski definition) is 5. The summed E-state index contributed by atoms with van der Waals surface area (Å²) in [4.78, 5) is 31.3. The second-order valence-electron chi connectivity index (χ2n) is 9.00. The highest BCUT2D eigenvalue weighted by atomic mass is 35.5. The van der Waals surface area contributed by atoms with E-state index in [0.29, 0.717) is 40.2 Å². The SMILES string of the molecule is COc1cccc2c1CC[C@H]1CN(CCn3c(=O)[nH]c4c(sc5c(Cl)cccc54)c3=O)C[C@@H]21. The lowest BCUT2D eigenvalue weighted by atomic mass is 9.77. The number of fused-ring (bicyclic) bond motifs is 6. The number of likely N-dealkylation sites (tertiary alicyclic amines) is 1. The molecule has 0 spiro atoms. The number of benzene rings is 2. The molecule has 170 valence electrons. The summed E-state index contributed by atoms with van der Waals surface area (Å²) in [6.07, 6.45) is 2.18. The summed E-state index contributed by atoms with van der Waals surface area (Å²) in [6.45, 7) is 2.98. The zero-order valence-corrected chi connectivity index (χ0v) is 19.8. The number of methoxy groups -OCH3 is 1. The number of hydrogen-bond donors (Lipinski definition) is 1. The van der Waals surface area contributed by atoms with Gasteiger partial charge in [-0.25, -0.2) is 4.79 Å². The lowest BCUT2D eigenvalue weighted by molar-refractivity contribution is 0.303. The Morgan fingerprint density at radius 2 is 1.97 bits per heavy atom. The Bertz CT molecular complexity index is 1500. The van der Waals surface area contributed by atoms with Crippen LogP contribution in [0.15, 0.2) is 46.0 Å². The molecule has 2 aromatic heterocycles.